The van der Waals surface area contributed by atoms with E-state index in [4.69, 9.17) is 10.00 Å². The number of aromatic amines is 1. The lowest BCUT2D eigenvalue weighted by Crippen LogP contribution is -2.06. The molecule has 0 fully saturated rings. The van der Waals surface area contributed by atoms with Crippen molar-refractivity contribution in [1.82, 2.24) is 20.2 Å². The van der Waals surface area contributed by atoms with Crippen molar-refractivity contribution in [3.05, 3.63) is 29.7 Å². The van der Waals surface area contributed by atoms with Gasteiger partial charge < -0.3 is 4.74 Å². The second-order valence-corrected chi connectivity index (χ2v) is 3.27. The molecule has 0 saturated heterocycles. The van der Waals surface area contributed by atoms with Crippen LogP contribution >= 0.6 is 0 Å². The van der Waals surface area contributed by atoms with Crippen molar-refractivity contribution in [3.63, 3.8) is 0 Å². The number of rotatable bonds is 3. The molecule has 18 heavy (non-hydrogen) atoms. The number of H-pyrrole nitrogens is 1. The Kier molecular flexibility index (Phi) is 3.29. The predicted molar refractivity (Wildman–Crippen MR) is 60.3 cm³/mol. The van der Waals surface area contributed by atoms with E-state index in [1.54, 1.807) is 19.1 Å². The van der Waals surface area contributed by atoms with Crippen LogP contribution < -0.4 is 0 Å². The number of hydrogen-bond acceptors (Lipinski definition) is 6. The van der Waals surface area contributed by atoms with Crippen LogP contribution in [0.2, 0.25) is 0 Å². The smallest absolute Gasteiger partial charge is 0.375 e. The summed E-state index contributed by atoms with van der Waals surface area (Å²) < 4.78 is 4.78. The van der Waals surface area contributed by atoms with E-state index in [0.29, 0.717) is 11.3 Å². The molecule has 2 rings (SSSR count). The van der Waals surface area contributed by atoms with E-state index < -0.39 is 5.97 Å². The maximum Gasteiger partial charge on any atom is 0.375 e. The number of ether oxygens (including phenoxy) is 1. The second-order valence-electron chi connectivity index (χ2n) is 3.27. The molecular weight excluding hydrogens is 234 g/mol. The van der Waals surface area contributed by atoms with Crippen molar-refractivity contribution in [2.24, 2.45) is 0 Å². The largest absolute Gasteiger partial charge is 0.460 e. The van der Waals surface area contributed by atoms with Crippen molar-refractivity contribution in [2.45, 2.75) is 6.92 Å². The van der Waals surface area contributed by atoms with Crippen LogP contribution in [0, 0.1) is 11.3 Å². The number of carbonyl (C=O) groups excluding carboxylic acids is 1. The summed E-state index contributed by atoms with van der Waals surface area (Å²) in [5.74, 6) is -0.259. The van der Waals surface area contributed by atoms with Crippen molar-refractivity contribution in [1.29, 1.82) is 5.26 Å². The van der Waals surface area contributed by atoms with Gasteiger partial charge in [0.15, 0.2) is 5.82 Å². The van der Waals surface area contributed by atoms with Crippen LogP contribution in [-0.4, -0.2) is 32.7 Å². The third kappa shape index (κ3) is 2.32. The maximum atomic E-state index is 11.4. The number of nitriles is 1. The van der Waals surface area contributed by atoms with Crippen molar-refractivity contribution in [2.75, 3.05) is 6.61 Å². The first-order valence-corrected chi connectivity index (χ1v) is 5.20. The van der Waals surface area contributed by atoms with Crippen LogP contribution in [-0.2, 0) is 4.74 Å². The van der Waals surface area contributed by atoms with Crippen LogP contribution in [0.4, 0.5) is 0 Å². The normalized spacial score (nSPS) is 9.78. The maximum absolute atomic E-state index is 11.4. The van der Waals surface area contributed by atoms with E-state index >= 15 is 0 Å². The molecule has 7 nitrogen and oxygen atoms in total. The quantitative estimate of drug-likeness (QED) is 0.803. The lowest BCUT2D eigenvalue weighted by atomic mass is 10.2. The highest BCUT2D eigenvalue weighted by molar-refractivity contribution is 5.85. The van der Waals surface area contributed by atoms with E-state index in [1.807, 2.05) is 6.07 Å². The predicted octanol–water partition coefficient (Wildman–Crippen LogP) is 0.915. The summed E-state index contributed by atoms with van der Waals surface area (Å²) in [6.45, 7) is 1.97. The van der Waals surface area contributed by atoms with Gasteiger partial charge in [-0.25, -0.2) is 4.79 Å². The zero-order valence-corrected chi connectivity index (χ0v) is 9.54. The first kappa shape index (κ1) is 11.7. The fourth-order valence-corrected chi connectivity index (χ4v) is 1.26. The monoisotopic (exact) mass is 243 g/mol. The molecule has 0 aliphatic heterocycles. The molecule has 0 aliphatic rings. The summed E-state index contributed by atoms with van der Waals surface area (Å²) in [6, 6.07) is 5.17. The molecule has 0 aromatic carbocycles. The van der Waals surface area contributed by atoms with E-state index in [9.17, 15) is 4.79 Å². The molecule has 2 aromatic rings. The fraction of sp³-hybridized carbons (Fsp3) is 0.182. The van der Waals surface area contributed by atoms with Crippen LogP contribution in [0.3, 0.4) is 0 Å². The molecule has 2 heterocycles. The summed E-state index contributed by atoms with van der Waals surface area (Å²) in [4.78, 5) is 19.4. The lowest BCUT2D eigenvalue weighted by Gasteiger charge is -1.95. The van der Waals surface area contributed by atoms with Gasteiger partial charge >= 0.3 is 5.97 Å². The topological polar surface area (TPSA) is 105 Å². The average Bonchev–Trinajstić information content (AvgIpc) is 2.89. The summed E-state index contributed by atoms with van der Waals surface area (Å²) in [7, 11) is 0. The van der Waals surface area contributed by atoms with Gasteiger partial charge in [0.25, 0.3) is 0 Å². The second kappa shape index (κ2) is 5.05. The molecule has 0 atom stereocenters. The minimum Gasteiger partial charge on any atom is -0.460 e. The van der Waals surface area contributed by atoms with Gasteiger partial charge in [-0.1, -0.05) is 0 Å². The molecule has 90 valence electrons. The molecule has 0 aliphatic carbocycles. The molecule has 0 spiro atoms. The minimum atomic E-state index is -0.565. The molecule has 2 aromatic heterocycles. The third-order valence-electron chi connectivity index (χ3n) is 2.08. The Bertz CT molecular complexity index is 597. The van der Waals surface area contributed by atoms with Gasteiger partial charge in [-0.05, 0) is 19.1 Å². The van der Waals surface area contributed by atoms with Gasteiger partial charge in [-0.15, -0.1) is 0 Å². The van der Waals surface area contributed by atoms with E-state index in [-0.39, 0.29) is 18.3 Å². The van der Waals surface area contributed by atoms with Gasteiger partial charge in [0, 0.05) is 6.20 Å². The van der Waals surface area contributed by atoms with Gasteiger partial charge in [-0.3, -0.25) is 10.1 Å². The number of hydrogen-bond donors (Lipinski definition) is 1. The number of aromatic nitrogens is 4. The molecular formula is C11H9N5O2. The molecule has 0 saturated carbocycles. The first-order chi connectivity index (χ1) is 8.74. The van der Waals surface area contributed by atoms with E-state index in [1.165, 1.54) is 6.20 Å². The van der Waals surface area contributed by atoms with Crippen LogP contribution in [0.15, 0.2) is 18.3 Å². The van der Waals surface area contributed by atoms with Gasteiger partial charge in [-0.2, -0.15) is 15.3 Å². The Labute approximate surface area is 102 Å². The van der Waals surface area contributed by atoms with Gasteiger partial charge in [0.2, 0.25) is 5.82 Å². The highest BCUT2D eigenvalue weighted by Gasteiger charge is 2.14. The standard InChI is InChI=1S/C11H9N5O2/c1-2-18-11(17)10-14-9(15-16-10)8-4-3-7(5-12)6-13-8/h3-4,6H,2H2,1H3,(H,14,15,16). The summed E-state index contributed by atoms with van der Waals surface area (Å²) >= 11 is 0. The first-order valence-electron chi connectivity index (χ1n) is 5.20. The van der Waals surface area contributed by atoms with Gasteiger partial charge in [0.05, 0.1) is 12.2 Å². The minimum absolute atomic E-state index is 0.0259. The van der Waals surface area contributed by atoms with E-state index in [2.05, 4.69) is 20.2 Å². The molecule has 0 unspecified atom stereocenters. The van der Waals surface area contributed by atoms with E-state index in [0.717, 1.165) is 0 Å². The third-order valence-corrected chi connectivity index (χ3v) is 2.08. The zero-order chi connectivity index (χ0) is 13.0. The molecule has 0 radical (unpaired) electrons. The molecule has 1 N–H and O–H groups in total. The Morgan fingerprint density at radius 2 is 2.39 bits per heavy atom. The summed E-state index contributed by atoms with van der Waals surface area (Å²) in [6.07, 6.45) is 1.41. The van der Waals surface area contributed by atoms with Crippen molar-refractivity contribution >= 4 is 5.97 Å². The summed E-state index contributed by atoms with van der Waals surface area (Å²) in [5, 5.41) is 15.0. The number of nitrogens with one attached hydrogen (secondary N) is 1. The Hall–Kier alpha value is -2.75. The number of carbonyl (C=O) groups is 1. The van der Waals surface area contributed by atoms with Crippen molar-refractivity contribution in [3.8, 4) is 17.6 Å². The van der Waals surface area contributed by atoms with Crippen LogP contribution in [0.1, 0.15) is 23.1 Å². The van der Waals surface area contributed by atoms with Crippen LogP contribution in [0.25, 0.3) is 11.5 Å². The van der Waals surface area contributed by atoms with Crippen molar-refractivity contribution < 1.29 is 9.53 Å². The van der Waals surface area contributed by atoms with Gasteiger partial charge in [0.1, 0.15) is 11.8 Å². The van der Waals surface area contributed by atoms with Crippen LogP contribution in [0.5, 0.6) is 0 Å². The average molecular weight is 243 g/mol. The zero-order valence-electron chi connectivity index (χ0n) is 9.54. The molecule has 7 heteroatoms. The number of nitrogens with zero attached hydrogens (tertiary/aromatic N) is 4. The highest BCUT2D eigenvalue weighted by atomic mass is 16.5. The number of esters is 1. The highest BCUT2D eigenvalue weighted by Crippen LogP contribution is 2.11. The molecule has 0 bridgehead atoms. The number of pyridine rings is 1. The Morgan fingerprint density at radius 1 is 1.56 bits per heavy atom. The lowest BCUT2D eigenvalue weighted by molar-refractivity contribution is 0.0512. The Balaban J connectivity index is 2.24. The fourth-order valence-electron chi connectivity index (χ4n) is 1.26. The SMILES string of the molecule is CCOC(=O)c1nc(-c2ccc(C#N)cn2)n[nH]1. The summed E-state index contributed by atoms with van der Waals surface area (Å²) in [5.41, 5.74) is 0.917. The Morgan fingerprint density at radius 3 is 3.00 bits per heavy atom. The molecule has 0 amide bonds.